The molecule has 0 saturated carbocycles. The van der Waals surface area contributed by atoms with Gasteiger partial charge in [0.05, 0.1) is 39.1 Å². The number of hydrogen-bond donors (Lipinski definition) is 1. The maximum absolute atomic E-state index is 5.91. The minimum Gasteiger partial charge on any atom is -0.494 e. The van der Waals surface area contributed by atoms with Gasteiger partial charge in [0.1, 0.15) is 29.1 Å². The van der Waals surface area contributed by atoms with Crippen LogP contribution in [0.5, 0.6) is 11.5 Å². The van der Waals surface area contributed by atoms with Crippen molar-refractivity contribution in [1.82, 2.24) is 24.7 Å². The normalized spacial score (nSPS) is 16.9. The van der Waals surface area contributed by atoms with Crippen molar-refractivity contribution in [2.24, 2.45) is 0 Å². The van der Waals surface area contributed by atoms with Crippen LogP contribution in [0.4, 0.5) is 5.95 Å². The van der Waals surface area contributed by atoms with E-state index in [-0.39, 0.29) is 11.4 Å². The Balaban J connectivity index is 1.63. The number of methoxy groups -OCH3 is 2. The number of nitrogens with one attached hydrogen (secondary N) is 1. The van der Waals surface area contributed by atoms with Crippen molar-refractivity contribution in [2.75, 3.05) is 38.8 Å². The molecule has 12 heteroatoms. The fraction of sp³-hybridized carbons (Fsp3) is 0.429. The molecule has 1 aromatic carbocycles. The Morgan fingerprint density at radius 2 is 1.91 bits per heavy atom. The zero-order chi connectivity index (χ0) is 23.2. The number of anilines is 1. The van der Waals surface area contributed by atoms with Crippen LogP contribution < -0.4 is 14.2 Å². The van der Waals surface area contributed by atoms with Crippen molar-refractivity contribution >= 4 is 29.5 Å². The highest BCUT2D eigenvalue weighted by Gasteiger charge is 2.29. The Bertz CT molecular complexity index is 1040. The van der Waals surface area contributed by atoms with E-state index in [0.717, 1.165) is 0 Å². The number of halogens is 1. The summed E-state index contributed by atoms with van der Waals surface area (Å²) < 4.78 is 28.0. The van der Waals surface area contributed by atoms with Gasteiger partial charge in [0.2, 0.25) is 5.95 Å². The second kappa shape index (κ2) is 11.0. The van der Waals surface area contributed by atoms with Gasteiger partial charge >= 0.3 is 0 Å². The summed E-state index contributed by atoms with van der Waals surface area (Å²) >= 11 is 7.36. The van der Waals surface area contributed by atoms with E-state index in [2.05, 4.69) is 31.8 Å². The third-order valence-electron chi connectivity index (χ3n) is 4.91. The zero-order valence-electron chi connectivity index (χ0n) is 18.5. The number of aromatic nitrogens is 5. The van der Waals surface area contributed by atoms with E-state index < -0.39 is 0 Å². The molecule has 0 aliphatic carbocycles. The third kappa shape index (κ3) is 5.49. The number of para-hydroxylation sites is 1. The monoisotopic (exact) mass is 492 g/mol. The first-order valence-corrected chi connectivity index (χ1v) is 11.6. The van der Waals surface area contributed by atoms with Crippen LogP contribution in [-0.4, -0.2) is 64.0 Å². The van der Waals surface area contributed by atoms with Gasteiger partial charge in [-0.25, -0.2) is 9.97 Å². The Hall–Kier alpha value is -2.60. The number of hydrogen-bond acceptors (Lipinski definition) is 10. The standard InChI is InChI=1S/C21H25ClN6O4S/c1-13(9-18-23-10-14(22)11-24-18)33-27-21-26-25-20(17-12-31-7-8-32-17)28(21)19-15(29-2)5-4-6-16(19)30-3/h4-6,10-11,13,17H,7-9,12H2,1-3H3,(H,26,27). The molecule has 0 spiro atoms. The summed E-state index contributed by atoms with van der Waals surface area (Å²) in [6.45, 7) is 3.48. The quantitative estimate of drug-likeness (QED) is 0.446. The smallest absolute Gasteiger partial charge is 0.239 e. The lowest BCUT2D eigenvalue weighted by molar-refractivity contribution is -0.0941. The van der Waals surface area contributed by atoms with Gasteiger partial charge in [-0.2, -0.15) is 0 Å². The van der Waals surface area contributed by atoms with Crippen LogP contribution in [0.2, 0.25) is 5.02 Å². The molecule has 1 fully saturated rings. The summed E-state index contributed by atoms with van der Waals surface area (Å²) in [6, 6.07) is 5.58. The topological polar surface area (TPSA) is 105 Å². The third-order valence-corrected chi connectivity index (χ3v) is 5.98. The Labute approximate surface area is 201 Å². The molecule has 10 nitrogen and oxygen atoms in total. The van der Waals surface area contributed by atoms with Gasteiger partial charge in [0.25, 0.3) is 0 Å². The van der Waals surface area contributed by atoms with Crippen molar-refractivity contribution in [1.29, 1.82) is 0 Å². The van der Waals surface area contributed by atoms with Crippen LogP contribution in [0.1, 0.15) is 24.7 Å². The van der Waals surface area contributed by atoms with E-state index >= 15 is 0 Å². The zero-order valence-corrected chi connectivity index (χ0v) is 20.1. The molecule has 0 radical (unpaired) electrons. The summed E-state index contributed by atoms with van der Waals surface area (Å²) in [7, 11) is 3.22. The molecule has 3 heterocycles. The molecular formula is C21H25ClN6O4S. The molecule has 4 rings (SSSR count). The molecule has 1 N–H and O–H groups in total. The van der Waals surface area contributed by atoms with E-state index in [1.54, 1.807) is 26.6 Å². The molecule has 0 bridgehead atoms. The van der Waals surface area contributed by atoms with Crippen molar-refractivity contribution in [3.8, 4) is 17.2 Å². The first-order valence-electron chi connectivity index (χ1n) is 10.3. The van der Waals surface area contributed by atoms with Crippen LogP contribution in [0.3, 0.4) is 0 Å². The number of rotatable bonds is 9. The first-order chi connectivity index (χ1) is 16.1. The van der Waals surface area contributed by atoms with E-state index in [1.165, 1.54) is 11.9 Å². The van der Waals surface area contributed by atoms with Gasteiger partial charge in [-0.15, -0.1) is 10.2 Å². The van der Waals surface area contributed by atoms with E-state index in [0.29, 0.717) is 66.0 Å². The van der Waals surface area contributed by atoms with Crippen molar-refractivity contribution in [3.63, 3.8) is 0 Å². The molecule has 1 aliphatic rings. The van der Waals surface area contributed by atoms with E-state index in [1.807, 2.05) is 22.8 Å². The highest BCUT2D eigenvalue weighted by molar-refractivity contribution is 8.01. The lowest BCUT2D eigenvalue weighted by Gasteiger charge is -2.24. The Morgan fingerprint density at radius 3 is 2.55 bits per heavy atom. The SMILES string of the molecule is COc1cccc(OC)c1-n1c(NSC(C)Cc2ncc(Cl)cn2)nnc1C1COCCO1. The molecule has 1 aliphatic heterocycles. The predicted molar refractivity (Wildman–Crippen MR) is 125 cm³/mol. The van der Waals surface area contributed by atoms with Gasteiger partial charge in [-0.3, -0.25) is 9.29 Å². The number of nitrogens with zero attached hydrogens (tertiary/aromatic N) is 5. The maximum Gasteiger partial charge on any atom is 0.239 e. The highest BCUT2D eigenvalue weighted by Crippen LogP contribution is 2.37. The van der Waals surface area contributed by atoms with Gasteiger partial charge in [0, 0.05) is 24.1 Å². The summed E-state index contributed by atoms with van der Waals surface area (Å²) in [5.74, 6) is 3.04. The summed E-state index contributed by atoms with van der Waals surface area (Å²) in [6.07, 6.45) is 3.46. The summed E-state index contributed by atoms with van der Waals surface area (Å²) in [4.78, 5) is 8.54. The van der Waals surface area contributed by atoms with Crippen LogP contribution in [0, 0.1) is 0 Å². The van der Waals surface area contributed by atoms with Crippen LogP contribution in [0.15, 0.2) is 30.6 Å². The van der Waals surface area contributed by atoms with Crippen LogP contribution >= 0.6 is 23.5 Å². The first kappa shape index (κ1) is 23.6. The molecule has 33 heavy (non-hydrogen) atoms. The summed E-state index contributed by atoms with van der Waals surface area (Å²) in [5.41, 5.74) is 0.675. The second-order valence-corrected chi connectivity index (χ2v) is 8.90. The van der Waals surface area contributed by atoms with Gasteiger partial charge < -0.3 is 18.9 Å². The largest absolute Gasteiger partial charge is 0.494 e. The highest BCUT2D eigenvalue weighted by atomic mass is 35.5. The van der Waals surface area contributed by atoms with Crippen molar-refractivity contribution in [2.45, 2.75) is 24.7 Å². The molecular weight excluding hydrogens is 468 g/mol. The van der Waals surface area contributed by atoms with E-state index in [4.69, 9.17) is 30.5 Å². The lowest BCUT2D eigenvalue weighted by Crippen LogP contribution is -2.25. The lowest BCUT2D eigenvalue weighted by atomic mass is 10.2. The second-order valence-electron chi connectivity index (χ2n) is 7.21. The predicted octanol–water partition coefficient (Wildman–Crippen LogP) is 3.51. The minimum absolute atomic E-state index is 0.133. The Morgan fingerprint density at radius 1 is 1.18 bits per heavy atom. The van der Waals surface area contributed by atoms with Gasteiger partial charge in [-0.1, -0.05) is 24.6 Å². The van der Waals surface area contributed by atoms with Gasteiger partial charge in [0.15, 0.2) is 5.82 Å². The van der Waals surface area contributed by atoms with Crippen molar-refractivity contribution < 1.29 is 18.9 Å². The van der Waals surface area contributed by atoms with Crippen LogP contribution in [0.25, 0.3) is 5.69 Å². The Kier molecular flexibility index (Phi) is 7.86. The van der Waals surface area contributed by atoms with Crippen molar-refractivity contribution in [3.05, 3.63) is 47.3 Å². The fourth-order valence-corrected chi connectivity index (χ4v) is 4.15. The molecule has 2 unspecified atom stereocenters. The van der Waals surface area contributed by atoms with Gasteiger partial charge in [-0.05, 0) is 24.1 Å². The molecule has 3 aromatic rings. The maximum atomic E-state index is 5.91. The number of benzene rings is 1. The minimum atomic E-state index is -0.374. The summed E-state index contributed by atoms with van der Waals surface area (Å²) in [5, 5.41) is 9.46. The molecule has 1 saturated heterocycles. The molecule has 2 aromatic heterocycles. The fourth-order valence-electron chi connectivity index (χ4n) is 3.38. The number of ether oxygens (including phenoxy) is 4. The van der Waals surface area contributed by atoms with Crippen LogP contribution in [-0.2, 0) is 15.9 Å². The molecule has 176 valence electrons. The average molecular weight is 493 g/mol. The molecule has 2 atom stereocenters. The van der Waals surface area contributed by atoms with E-state index in [9.17, 15) is 0 Å². The average Bonchev–Trinajstić information content (AvgIpc) is 3.27. The molecule has 0 amide bonds.